The van der Waals surface area contributed by atoms with Crippen LogP contribution in [0.1, 0.15) is 44.2 Å². The first-order chi connectivity index (χ1) is 9.63. The predicted molar refractivity (Wildman–Crippen MR) is 84.1 cm³/mol. The van der Waals surface area contributed by atoms with Crippen molar-refractivity contribution in [3.8, 4) is 5.75 Å². The van der Waals surface area contributed by atoms with Gasteiger partial charge in [0.1, 0.15) is 0 Å². The Morgan fingerprint density at radius 3 is 2.60 bits per heavy atom. The lowest BCUT2D eigenvalue weighted by molar-refractivity contribution is 0.350. The van der Waals surface area contributed by atoms with Crippen molar-refractivity contribution >= 4 is 11.8 Å². The number of rotatable bonds is 5. The number of halogens is 1. The van der Waals surface area contributed by atoms with Crippen molar-refractivity contribution in [1.82, 2.24) is 5.32 Å². The summed E-state index contributed by atoms with van der Waals surface area (Å²) in [5, 5.41) is 4.49. The van der Waals surface area contributed by atoms with Gasteiger partial charge in [0.05, 0.1) is 7.11 Å². The molecule has 1 aliphatic rings. The van der Waals surface area contributed by atoms with Crippen LogP contribution in [0.2, 0.25) is 0 Å². The third-order valence-corrected chi connectivity index (χ3v) is 5.31. The molecule has 1 unspecified atom stereocenters. The van der Waals surface area contributed by atoms with Gasteiger partial charge in [-0.3, -0.25) is 0 Å². The number of nitrogens with one attached hydrogen (secondary N) is 1. The van der Waals surface area contributed by atoms with Crippen LogP contribution in [-0.4, -0.2) is 24.7 Å². The first-order valence-corrected chi connectivity index (χ1v) is 8.55. The highest BCUT2D eigenvalue weighted by Crippen LogP contribution is 2.29. The predicted octanol–water partition coefficient (Wildman–Crippen LogP) is 4.16. The van der Waals surface area contributed by atoms with E-state index in [2.05, 4.69) is 18.5 Å². The summed E-state index contributed by atoms with van der Waals surface area (Å²) in [5.74, 6) is 0.0196. The molecule has 2 nitrogen and oxygen atoms in total. The molecular formula is C16H24FNOS. The van der Waals surface area contributed by atoms with Gasteiger partial charge in [-0.1, -0.05) is 6.07 Å². The second kappa shape index (κ2) is 7.32. The van der Waals surface area contributed by atoms with E-state index in [4.69, 9.17) is 4.74 Å². The van der Waals surface area contributed by atoms with Crippen molar-refractivity contribution in [3.05, 3.63) is 29.6 Å². The molecule has 1 saturated carbocycles. The summed E-state index contributed by atoms with van der Waals surface area (Å²) in [7, 11) is 1.50. The summed E-state index contributed by atoms with van der Waals surface area (Å²) >= 11 is 1.98. The topological polar surface area (TPSA) is 21.3 Å². The Morgan fingerprint density at radius 2 is 2.00 bits per heavy atom. The zero-order chi connectivity index (χ0) is 14.5. The number of hydrogen-bond acceptors (Lipinski definition) is 3. The molecule has 0 saturated heterocycles. The summed E-state index contributed by atoms with van der Waals surface area (Å²) in [6, 6.07) is 5.91. The number of ether oxygens (including phenoxy) is 1. The van der Waals surface area contributed by atoms with E-state index in [9.17, 15) is 4.39 Å². The third-order valence-electron chi connectivity index (χ3n) is 4.17. The molecule has 112 valence electrons. The molecule has 0 aliphatic heterocycles. The fourth-order valence-corrected chi connectivity index (χ4v) is 3.60. The van der Waals surface area contributed by atoms with Gasteiger partial charge < -0.3 is 10.1 Å². The third kappa shape index (κ3) is 3.89. The largest absolute Gasteiger partial charge is 0.494 e. The second-order valence-electron chi connectivity index (χ2n) is 5.49. The molecule has 0 bridgehead atoms. The molecule has 0 amide bonds. The molecule has 1 aromatic carbocycles. The maximum Gasteiger partial charge on any atom is 0.165 e. The molecule has 0 heterocycles. The molecule has 1 N–H and O–H groups in total. The van der Waals surface area contributed by atoms with Crippen LogP contribution in [0.3, 0.4) is 0 Å². The quantitative estimate of drug-likeness (QED) is 0.882. The fraction of sp³-hybridized carbons (Fsp3) is 0.625. The molecule has 2 rings (SSSR count). The van der Waals surface area contributed by atoms with Crippen molar-refractivity contribution in [3.63, 3.8) is 0 Å². The summed E-state index contributed by atoms with van der Waals surface area (Å²) in [6.45, 7) is 2.13. The summed E-state index contributed by atoms with van der Waals surface area (Å²) in [4.78, 5) is 0. The SMILES string of the molecule is COc1cc(C(C)NC2CCC(SC)CC2)ccc1F. The first kappa shape index (κ1) is 15.6. The molecular weight excluding hydrogens is 273 g/mol. The highest BCUT2D eigenvalue weighted by Gasteiger charge is 2.22. The summed E-state index contributed by atoms with van der Waals surface area (Å²) in [6.07, 6.45) is 7.24. The van der Waals surface area contributed by atoms with Gasteiger partial charge >= 0.3 is 0 Å². The minimum Gasteiger partial charge on any atom is -0.494 e. The van der Waals surface area contributed by atoms with Crippen LogP contribution in [-0.2, 0) is 0 Å². The number of methoxy groups -OCH3 is 1. The Kier molecular flexibility index (Phi) is 5.73. The van der Waals surface area contributed by atoms with Crippen LogP contribution >= 0.6 is 11.8 Å². The summed E-state index contributed by atoms with van der Waals surface area (Å²) in [5.41, 5.74) is 1.08. The van der Waals surface area contributed by atoms with E-state index in [0.717, 1.165) is 10.8 Å². The maximum atomic E-state index is 13.4. The Labute approximate surface area is 125 Å². The minimum atomic E-state index is -0.302. The van der Waals surface area contributed by atoms with Gasteiger partial charge in [-0.25, -0.2) is 4.39 Å². The monoisotopic (exact) mass is 297 g/mol. The van der Waals surface area contributed by atoms with Crippen molar-refractivity contribution in [2.75, 3.05) is 13.4 Å². The molecule has 0 aromatic heterocycles. The van der Waals surface area contributed by atoms with E-state index in [1.807, 2.05) is 17.8 Å². The van der Waals surface area contributed by atoms with Crippen molar-refractivity contribution in [2.24, 2.45) is 0 Å². The van der Waals surface area contributed by atoms with Crippen molar-refractivity contribution in [2.45, 2.75) is 49.9 Å². The average molecular weight is 297 g/mol. The van der Waals surface area contributed by atoms with E-state index in [-0.39, 0.29) is 11.9 Å². The van der Waals surface area contributed by atoms with E-state index in [1.54, 1.807) is 6.07 Å². The second-order valence-corrected chi connectivity index (χ2v) is 6.63. The minimum absolute atomic E-state index is 0.223. The van der Waals surface area contributed by atoms with E-state index in [1.165, 1.54) is 38.9 Å². The Morgan fingerprint density at radius 1 is 1.30 bits per heavy atom. The zero-order valence-electron chi connectivity index (χ0n) is 12.5. The molecule has 1 aromatic rings. The van der Waals surface area contributed by atoms with E-state index in [0.29, 0.717) is 11.8 Å². The Balaban J connectivity index is 1.93. The molecule has 1 atom stereocenters. The van der Waals surface area contributed by atoms with E-state index < -0.39 is 0 Å². The van der Waals surface area contributed by atoms with Crippen molar-refractivity contribution < 1.29 is 9.13 Å². The number of hydrogen-bond donors (Lipinski definition) is 1. The van der Waals surface area contributed by atoms with Crippen molar-refractivity contribution in [1.29, 1.82) is 0 Å². The number of thioether (sulfide) groups is 1. The van der Waals surface area contributed by atoms with Gasteiger partial charge in [-0.05, 0) is 56.6 Å². The van der Waals surface area contributed by atoms with Gasteiger partial charge in [0, 0.05) is 17.3 Å². The smallest absolute Gasteiger partial charge is 0.165 e. The lowest BCUT2D eigenvalue weighted by atomic mass is 9.93. The first-order valence-electron chi connectivity index (χ1n) is 7.26. The molecule has 0 spiro atoms. The molecule has 1 fully saturated rings. The Hall–Kier alpha value is -0.740. The normalized spacial score (nSPS) is 24.4. The molecule has 4 heteroatoms. The van der Waals surface area contributed by atoms with Crippen LogP contribution in [0.4, 0.5) is 4.39 Å². The maximum absolute atomic E-state index is 13.4. The molecule has 0 radical (unpaired) electrons. The molecule has 1 aliphatic carbocycles. The lowest BCUT2D eigenvalue weighted by Crippen LogP contribution is -2.35. The molecule has 20 heavy (non-hydrogen) atoms. The van der Waals surface area contributed by atoms with Gasteiger partial charge in [-0.2, -0.15) is 11.8 Å². The summed E-state index contributed by atoms with van der Waals surface area (Å²) < 4.78 is 18.5. The standard InChI is InChI=1S/C16H24FNOS/c1-11(12-4-9-15(17)16(10-12)19-2)18-13-5-7-14(20-3)8-6-13/h4,9-11,13-14,18H,5-8H2,1-3H3. The van der Waals surface area contributed by atoms with Gasteiger partial charge in [0.15, 0.2) is 11.6 Å². The van der Waals surface area contributed by atoms with Crippen LogP contribution < -0.4 is 10.1 Å². The average Bonchev–Trinajstić information content (AvgIpc) is 2.48. The van der Waals surface area contributed by atoms with Gasteiger partial charge in [0.25, 0.3) is 0 Å². The fourth-order valence-electron chi connectivity index (χ4n) is 2.86. The zero-order valence-corrected chi connectivity index (χ0v) is 13.3. The van der Waals surface area contributed by atoms with Gasteiger partial charge in [-0.15, -0.1) is 0 Å². The highest BCUT2D eigenvalue weighted by atomic mass is 32.2. The van der Waals surface area contributed by atoms with Crippen LogP contribution in [0.5, 0.6) is 5.75 Å². The van der Waals surface area contributed by atoms with Crippen LogP contribution in [0.15, 0.2) is 18.2 Å². The van der Waals surface area contributed by atoms with Gasteiger partial charge in [0.2, 0.25) is 0 Å². The van der Waals surface area contributed by atoms with Crippen LogP contribution in [0, 0.1) is 5.82 Å². The Bertz CT molecular complexity index is 432. The lowest BCUT2D eigenvalue weighted by Gasteiger charge is -2.30. The highest BCUT2D eigenvalue weighted by molar-refractivity contribution is 7.99. The van der Waals surface area contributed by atoms with E-state index >= 15 is 0 Å². The van der Waals surface area contributed by atoms with Crippen LogP contribution in [0.25, 0.3) is 0 Å². The number of benzene rings is 1.